The Kier molecular flexibility index (Phi) is 11.8. The highest BCUT2D eigenvalue weighted by atomic mass is 32.2. The SMILES string of the molecule is COc1cccc(CN(C(=O)CN(c2cc(OC)ccc2OC)S(=O)(=O)c2ccc(OC)c(OC)c2)[C@H](C)C(=O)NC(C)(C)C)c1. The first-order valence-corrected chi connectivity index (χ1v) is 15.8. The van der Waals surface area contributed by atoms with Gasteiger partial charge in [0.05, 0.1) is 46.1 Å². The third kappa shape index (κ3) is 8.53. The molecule has 0 bridgehead atoms. The molecule has 0 aliphatic heterocycles. The highest BCUT2D eigenvalue weighted by Gasteiger charge is 2.35. The van der Waals surface area contributed by atoms with Crippen molar-refractivity contribution in [2.75, 3.05) is 46.4 Å². The predicted molar refractivity (Wildman–Crippen MR) is 175 cm³/mol. The van der Waals surface area contributed by atoms with E-state index >= 15 is 0 Å². The van der Waals surface area contributed by atoms with Gasteiger partial charge in [0.15, 0.2) is 11.5 Å². The highest BCUT2D eigenvalue weighted by Crippen LogP contribution is 2.38. The van der Waals surface area contributed by atoms with Crippen LogP contribution in [0.3, 0.4) is 0 Å². The van der Waals surface area contributed by atoms with Crippen molar-refractivity contribution in [1.29, 1.82) is 0 Å². The van der Waals surface area contributed by atoms with Crippen molar-refractivity contribution in [3.05, 3.63) is 66.2 Å². The fourth-order valence-corrected chi connectivity index (χ4v) is 6.07. The number of hydrogen-bond donors (Lipinski definition) is 1. The van der Waals surface area contributed by atoms with Crippen LogP contribution in [0.15, 0.2) is 65.6 Å². The van der Waals surface area contributed by atoms with E-state index < -0.39 is 40.0 Å². The molecule has 1 atom stereocenters. The lowest BCUT2D eigenvalue weighted by Gasteiger charge is -2.34. The average molecular weight is 658 g/mol. The van der Waals surface area contributed by atoms with Crippen LogP contribution in [0.25, 0.3) is 0 Å². The number of methoxy groups -OCH3 is 5. The van der Waals surface area contributed by atoms with Gasteiger partial charge in [-0.3, -0.25) is 13.9 Å². The van der Waals surface area contributed by atoms with Gasteiger partial charge in [0.1, 0.15) is 29.8 Å². The minimum Gasteiger partial charge on any atom is -0.497 e. The molecule has 13 heteroatoms. The van der Waals surface area contributed by atoms with Gasteiger partial charge in [-0.25, -0.2) is 8.42 Å². The topological polar surface area (TPSA) is 133 Å². The van der Waals surface area contributed by atoms with Crippen molar-refractivity contribution in [3.63, 3.8) is 0 Å². The number of amides is 2. The standard InChI is InChI=1S/C33H43N3O9S/c1-22(32(38)34-33(2,3)4)35(20-23-11-10-12-24(17-23)41-5)31(37)21-36(27-18-25(42-6)13-15-28(27)43-7)46(39,40)26-14-16-29(44-8)30(19-26)45-9/h10-19,22H,20-21H2,1-9H3,(H,34,38)/t22-/m1/s1. The van der Waals surface area contributed by atoms with Crippen molar-refractivity contribution in [3.8, 4) is 28.7 Å². The Labute approximate surface area is 271 Å². The summed E-state index contributed by atoms with van der Waals surface area (Å²) in [6.45, 7) is 6.40. The lowest BCUT2D eigenvalue weighted by molar-refractivity contribution is -0.140. The van der Waals surface area contributed by atoms with E-state index in [1.165, 1.54) is 64.7 Å². The summed E-state index contributed by atoms with van der Waals surface area (Å²) in [6, 6.07) is 14.8. The summed E-state index contributed by atoms with van der Waals surface area (Å²) < 4.78 is 56.7. The summed E-state index contributed by atoms with van der Waals surface area (Å²) in [5.74, 6) is 0.531. The van der Waals surface area contributed by atoms with Gasteiger partial charge in [-0.05, 0) is 69.7 Å². The number of carbonyl (C=O) groups is 2. The molecule has 46 heavy (non-hydrogen) atoms. The maximum absolute atomic E-state index is 14.4. The Morgan fingerprint density at radius 3 is 1.98 bits per heavy atom. The molecule has 0 saturated carbocycles. The first-order chi connectivity index (χ1) is 21.7. The summed E-state index contributed by atoms with van der Waals surface area (Å²) in [6.07, 6.45) is 0. The number of benzene rings is 3. The summed E-state index contributed by atoms with van der Waals surface area (Å²) in [4.78, 5) is 28.9. The average Bonchev–Trinajstić information content (AvgIpc) is 3.04. The van der Waals surface area contributed by atoms with E-state index in [1.807, 2.05) is 20.8 Å². The number of carbonyl (C=O) groups excluding carboxylic acids is 2. The van der Waals surface area contributed by atoms with Gasteiger partial charge >= 0.3 is 0 Å². The van der Waals surface area contributed by atoms with Gasteiger partial charge in [0.2, 0.25) is 11.8 Å². The van der Waals surface area contributed by atoms with Crippen LogP contribution in [0.5, 0.6) is 28.7 Å². The summed E-state index contributed by atoms with van der Waals surface area (Å²) in [5.41, 5.74) is 0.154. The molecule has 0 aromatic heterocycles. The Morgan fingerprint density at radius 1 is 0.783 bits per heavy atom. The first-order valence-electron chi connectivity index (χ1n) is 14.4. The first kappa shape index (κ1) is 35.8. The van der Waals surface area contributed by atoms with Crippen molar-refractivity contribution >= 4 is 27.5 Å². The molecule has 0 spiro atoms. The maximum atomic E-state index is 14.4. The zero-order valence-corrected chi connectivity index (χ0v) is 28.6. The molecular formula is C33H43N3O9S. The molecule has 3 aromatic carbocycles. The zero-order valence-electron chi connectivity index (χ0n) is 27.7. The second-order valence-electron chi connectivity index (χ2n) is 11.4. The molecule has 0 aliphatic carbocycles. The van der Waals surface area contributed by atoms with Crippen LogP contribution >= 0.6 is 0 Å². The Balaban J connectivity index is 2.19. The molecule has 0 saturated heterocycles. The van der Waals surface area contributed by atoms with Gasteiger partial charge in [-0.1, -0.05) is 12.1 Å². The zero-order chi connectivity index (χ0) is 34.2. The molecule has 12 nitrogen and oxygen atoms in total. The Morgan fingerprint density at radius 2 is 1.39 bits per heavy atom. The van der Waals surface area contributed by atoms with Crippen LogP contribution in [0.2, 0.25) is 0 Å². The van der Waals surface area contributed by atoms with Crippen LogP contribution in [-0.4, -0.2) is 78.8 Å². The number of sulfonamides is 1. The summed E-state index contributed by atoms with van der Waals surface area (Å²) >= 11 is 0. The molecule has 0 heterocycles. The second-order valence-corrected chi connectivity index (χ2v) is 13.2. The molecule has 250 valence electrons. The molecule has 2 amide bonds. The fraction of sp³-hybridized carbons (Fsp3) is 0.394. The second kappa shape index (κ2) is 15.1. The van der Waals surface area contributed by atoms with E-state index in [2.05, 4.69) is 5.32 Å². The van der Waals surface area contributed by atoms with Gasteiger partial charge < -0.3 is 33.9 Å². The number of hydrogen-bond acceptors (Lipinski definition) is 9. The van der Waals surface area contributed by atoms with Crippen LogP contribution in [0.4, 0.5) is 5.69 Å². The third-order valence-electron chi connectivity index (χ3n) is 7.03. The van der Waals surface area contributed by atoms with E-state index in [4.69, 9.17) is 23.7 Å². The lowest BCUT2D eigenvalue weighted by atomic mass is 10.1. The molecular weight excluding hydrogens is 614 g/mol. The van der Waals surface area contributed by atoms with Crippen molar-refractivity contribution in [2.24, 2.45) is 0 Å². The van der Waals surface area contributed by atoms with Crippen molar-refractivity contribution < 1.29 is 41.7 Å². The minimum absolute atomic E-state index is 0.00570. The van der Waals surface area contributed by atoms with Gasteiger partial charge in [-0.2, -0.15) is 0 Å². The van der Waals surface area contributed by atoms with E-state index in [0.717, 1.165) is 4.31 Å². The van der Waals surface area contributed by atoms with E-state index in [1.54, 1.807) is 43.3 Å². The van der Waals surface area contributed by atoms with Crippen molar-refractivity contribution in [1.82, 2.24) is 10.2 Å². The molecule has 0 radical (unpaired) electrons. The van der Waals surface area contributed by atoms with Crippen LogP contribution < -0.4 is 33.3 Å². The smallest absolute Gasteiger partial charge is 0.265 e. The van der Waals surface area contributed by atoms with Crippen LogP contribution in [-0.2, 0) is 26.2 Å². The number of ether oxygens (including phenoxy) is 5. The van der Waals surface area contributed by atoms with E-state index in [9.17, 15) is 18.0 Å². The molecule has 1 N–H and O–H groups in total. The third-order valence-corrected chi connectivity index (χ3v) is 8.78. The number of nitrogens with zero attached hydrogens (tertiary/aromatic N) is 2. The molecule has 0 unspecified atom stereocenters. The monoisotopic (exact) mass is 657 g/mol. The number of rotatable bonds is 14. The maximum Gasteiger partial charge on any atom is 0.265 e. The van der Waals surface area contributed by atoms with Gasteiger partial charge in [0, 0.05) is 24.2 Å². The summed E-state index contributed by atoms with van der Waals surface area (Å²) in [5, 5.41) is 2.91. The lowest BCUT2D eigenvalue weighted by Crippen LogP contribution is -2.54. The van der Waals surface area contributed by atoms with Crippen molar-refractivity contribution in [2.45, 2.75) is 50.7 Å². The quantitative estimate of drug-likeness (QED) is 0.270. The van der Waals surface area contributed by atoms with E-state index in [0.29, 0.717) is 22.8 Å². The molecule has 0 fully saturated rings. The van der Waals surface area contributed by atoms with E-state index in [-0.39, 0.29) is 28.6 Å². The Bertz CT molecular complexity index is 1640. The largest absolute Gasteiger partial charge is 0.497 e. The fourth-order valence-electron chi connectivity index (χ4n) is 4.63. The van der Waals surface area contributed by atoms with Gasteiger partial charge in [0.25, 0.3) is 10.0 Å². The molecule has 3 rings (SSSR count). The number of nitrogens with one attached hydrogen (secondary N) is 1. The Hall–Kier alpha value is -4.65. The summed E-state index contributed by atoms with van der Waals surface area (Å²) in [7, 11) is 2.72. The molecule has 3 aromatic rings. The molecule has 0 aliphatic rings. The normalized spacial score (nSPS) is 12.0. The van der Waals surface area contributed by atoms with Crippen LogP contribution in [0, 0.1) is 0 Å². The number of anilines is 1. The van der Waals surface area contributed by atoms with Gasteiger partial charge in [-0.15, -0.1) is 0 Å². The van der Waals surface area contributed by atoms with Crippen LogP contribution in [0.1, 0.15) is 33.3 Å². The predicted octanol–water partition coefficient (Wildman–Crippen LogP) is 4.26. The highest BCUT2D eigenvalue weighted by molar-refractivity contribution is 7.92. The minimum atomic E-state index is -4.46.